The zero-order chi connectivity index (χ0) is 15.1. The lowest BCUT2D eigenvalue weighted by molar-refractivity contribution is -0.121. The molecule has 0 unspecified atom stereocenters. The molecule has 116 valence electrons. The number of nitrogens with zero attached hydrogens (tertiary/aromatic N) is 1. The molecule has 3 N–H and O–H groups in total. The number of nitrogens with two attached hydrogens (primary N) is 1. The first-order valence-corrected chi connectivity index (χ1v) is 8.01. The van der Waals surface area contributed by atoms with E-state index >= 15 is 0 Å². The van der Waals surface area contributed by atoms with Gasteiger partial charge in [-0.3, -0.25) is 4.79 Å². The molecule has 2 rings (SSSR count). The second kappa shape index (κ2) is 8.03. The average molecular weight is 289 g/mol. The Hall–Kier alpha value is -1.55. The fourth-order valence-corrected chi connectivity index (χ4v) is 2.86. The molecular formula is C17H27N3O. The van der Waals surface area contributed by atoms with Crippen molar-refractivity contribution >= 4 is 11.6 Å². The highest BCUT2D eigenvalue weighted by Gasteiger charge is 2.18. The first-order valence-electron chi connectivity index (χ1n) is 8.01. The van der Waals surface area contributed by atoms with Gasteiger partial charge in [-0.25, -0.2) is 0 Å². The zero-order valence-corrected chi connectivity index (χ0v) is 13.0. The van der Waals surface area contributed by atoms with Gasteiger partial charge in [-0.2, -0.15) is 0 Å². The van der Waals surface area contributed by atoms with Crippen LogP contribution < -0.4 is 11.1 Å². The lowest BCUT2D eigenvalue weighted by Crippen LogP contribution is -2.38. The Morgan fingerprint density at radius 2 is 2.05 bits per heavy atom. The molecule has 1 aromatic rings. The number of nitrogen functional groups attached to an aromatic ring is 1. The quantitative estimate of drug-likeness (QED) is 0.788. The Kier molecular flexibility index (Phi) is 6.05. The summed E-state index contributed by atoms with van der Waals surface area (Å²) in [6, 6.07) is 7.75. The summed E-state index contributed by atoms with van der Waals surface area (Å²) in [5.41, 5.74) is 7.72. The number of aryl methyl sites for hydroxylation is 1. The largest absolute Gasteiger partial charge is 0.399 e. The maximum atomic E-state index is 11.9. The Morgan fingerprint density at radius 1 is 1.33 bits per heavy atom. The van der Waals surface area contributed by atoms with Crippen molar-refractivity contribution < 1.29 is 4.79 Å². The number of likely N-dealkylation sites (tertiary alicyclic amines) is 1. The number of anilines is 1. The summed E-state index contributed by atoms with van der Waals surface area (Å²) in [7, 11) is 0. The maximum Gasteiger partial charge on any atom is 0.220 e. The smallest absolute Gasteiger partial charge is 0.220 e. The summed E-state index contributed by atoms with van der Waals surface area (Å²) >= 11 is 0. The van der Waals surface area contributed by atoms with E-state index in [1.54, 1.807) is 0 Å². The predicted octanol–water partition coefficient (Wildman–Crippen LogP) is 2.05. The molecule has 1 aliphatic rings. The van der Waals surface area contributed by atoms with E-state index in [1.165, 1.54) is 12.8 Å². The number of piperidine rings is 1. The molecule has 0 spiro atoms. The molecule has 4 nitrogen and oxygen atoms in total. The third-order valence-corrected chi connectivity index (χ3v) is 4.42. The average Bonchev–Trinajstić information content (AvgIpc) is 2.52. The third-order valence-electron chi connectivity index (χ3n) is 4.42. The van der Waals surface area contributed by atoms with E-state index in [0.717, 1.165) is 37.4 Å². The topological polar surface area (TPSA) is 58.4 Å². The van der Waals surface area contributed by atoms with Gasteiger partial charge in [0.05, 0.1) is 0 Å². The molecule has 1 heterocycles. The molecule has 0 saturated carbocycles. The van der Waals surface area contributed by atoms with Crippen molar-refractivity contribution in [3.63, 3.8) is 0 Å². The van der Waals surface area contributed by atoms with Crippen molar-refractivity contribution in [2.45, 2.75) is 32.6 Å². The maximum absolute atomic E-state index is 11.9. The summed E-state index contributed by atoms with van der Waals surface area (Å²) in [5, 5.41) is 3.08. The normalized spacial score (nSPS) is 16.8. The molecule has 0 aromatic heterocycles. The van der Waals surface area contributed by atoms with Crippen molar-refractivity contribution in [1.29, 1.82) is 0 Å². The summed E-state index contributed by atoms with van der Waals surface area (Å²) in [6.45, 7) is 6.49. The van der Waals surface area contributed by atoms with Gasteiger partial charge in [0.25, 0.3) is 0 Å². The molecular weight excluding hydrogens is 262 g/mol. The fraction of sp³-hybridized carbons (Fsp3) is 0.588. The van der Waals surface area contributed by atoms with Crippen LogP contribution in [0.3, 0.4) is 0 Å². The first kappa shape index (κ1) is 15.8. The van der Waals surface area contributed by atoms with Gasteiger partial charge in [-0.1, -0.05) is 25.1 Å². The Labute approximate surface area is 127 Å². The van der Waals surface area contributed by atoms with Gasteiger partial charge in [-0.15, -0.1) is 0 Å². The molecule has 1 aromatic carbocycles. The fourth-order valence-electron chi connectivity index (χ4n) is 2.86. The van der Waals surface area contributed by atoms with Crippen molar-refractivity contribution in [2.75, 3.05) is 31.9 Å². The number of para-hydroxylation sites is 1. The molecule has 4 heteroatoms. The number of carbonyl (C=O) groups is 1. The number of amides is 1. The minimum Gasteiger partial charge on any atom is -0.399 e. The second-order valence-corrected chi connectivity index (χ2v) is 5.88. The molecule has 0 radical (unpaired) electrons. The number of hydrogen-bond acceptors (Lipinski definition) is 3. The van der Waals surface area contributed by atoms with E-state index in [-0.39, 0.29) is 5.91 Å². The molecule has 1 aliphatic heterocycles. The van der Waals surface area contributed by atoms with E-state index in [0.29, 0.717) is 18.8 Å². The highest BCUT2D eigenvalue weighted by Crippen LogP contribution is 2.16. The van der Waals surface area contributed by atoms with Crippen molar-refractivity contribution in [3.05, 3.63) is 29.8 Å². The zero-order valence-electron chi connectivity index (χ0n) is 13.0. The highest BCUT2D eigenvalue weighted by molar-refractivity contribution is 5.76. The van der Waals surface area contributed by atoms with Crippen molar-refractivity contribution in [2.24, 2.45) is 5.92 Å². The highest BCUT2D eigenvalue weighted by atomic mass is 16.1. The number of hydrogen-bond donors (Lipinski definition) is 2. The van der Waals surface area contributed by atoms with Crippen molar-refractivity contribution in [3.8, 4) is 0 Å². The van der Waals surface area contributed by atoms with Crippen LogP contribution in [-0.2, 0) is 11.2 Å². The first-order chi connectivity index (χ1) is 10.2. The van der Waals surface area contributed by atoms with Gasteiger partial charge in [0.1, 0.15) is 0 Å². The second-order valence-electron chi connectivity index (χ2n) is 5.88. The van der Waals surface area contributed by atoms with Gasteiger partial charge in [-0.05, 0) is 56.4 Å². The monoisotopic (exact) mass is 289 g/mol. The van der Waals surface area contributed by atoms with Gasteiger partial charge in [0, 0.05) is 18.7 Å². The van der Waals surface area contributed by atoms with Crippen LogP contribution in [0, 0.1) is 5.92 Å². The van der Waals surface area contributed by atoms with E-state index in [4.69, 9.17) is 5.73 Å². The SMILES string of the molecule is CCN1CCC(CNC(=O)CCc2ccccc2N)CC1. The minimum absolute atomic E-state index is 0.135. The lowest BCUT2D eigenvalue weighted by Gasteiger charge is -2.31. The standard InChI is InChI=1S/C17H27N3O/c1-2-20-11-9-14(10-12-20)13-19-17(21)8-7-15-5-3-4-6-16(15)18/h3-6,14H,2,7-13,18H2,1H3,(H,19,21). The number of carbonyl (C=O) groups excluding carboxylic acids is 1. The van der Waals surface area contributed by atoms with Crippen LogP contribution in [0.4, 0.5) is 5.69 Å². The molecule has 0 bridgehead atoms. The van der Waals surface area contributed by atoms with E-state index in [9.17, 15) is 4.79 Å². The van der Waals surface area contributed by atoms with Crippen LogP contribution in [-0.4, -0.2) is 37.0 Å². The molecule has 1 amide bonds. The van der Waals surface area contributed by atoms with Crippen LogP contribution in [0.15, 0.2) is 24.3 Å². The van der Waals surface area contributed by atoms with Crippen LogP contribution in [0.1, 0.15) is 31.7 Å². The summed E-state index contributed by atoms with van der Waals surface area (Å²) in [6.07, 6.45) is 3.62. The summed E-state index contributed by atoms with van der Waals surface area (Å²) < 4.78 is 0. The number of benzene rings is 1. The van der Waals surface area contributed by atoms with Gasteiger partial charge < -0.3 is 16.0 Å². The minimum atomic E-state index is 0.135. The summed E-state index contributed by atoms with van der Waals surface area (Å²) in [5.74, 6) is 0.773. The molecule has 1 saturated heterocycles. The van der Waals surface area contributed by atoms with E-state index in [2.05, 4.69) is 17.1 Å². The molecule has 0 atom stereocenters. The predicted molar refractivity (Wildman–Crippen MR) is 87.0 cm³/mol. The lowest BCUT2D eigenvalue weighted by atomic mass is 9.97. The number of rotatable bonds is 6. The van der Waals surface area contributed by atoms with Crippen LogP contribution in [0.25, 0.3) is 0 Å². The summed E-state index contributed by atoms with van der Waals surface area (Å²) in [4.78, 5) is 14.4. The Bertz CT molecular complexity index is 453. The Morgan fingerprint density at radius 3 is 2.71 bits per heavy atom. The van der Waals surface area contributed by atoms with Gasteiger partial charge in [0.15, 0.2) is 0 Å². The molecule has 21 heavy (non-hydrogen) atoms. The Balaban J connectivity index is 1.65. The van der Waals surface area contributed by atoms with Crippen molar-refractivity contribution in [1.82, 2.24) is 10.2 Å². The van der Waals surface area contributed by atoms with Crippen LogP contribution in [0.5, 0.6) is 0 Å². The molecule has 0 aliphatic carbocycles. The van der Waals surface area contributed by atoms with Gasteiger partial charge in [0.2, 0.25) is 5.91 Å². The third kappa shape index (κ3) is 5.05. The number of nitrogens with one attached hydrogen (secondary N) is 1. The van der Waals surface area contributed by atoms with Crippen LogP contribution >= 0.6 is 0 Å². The molecule has 1 fully saturated rings. The van der Waals surface area contributed by atoms with Crippen LogP contribution in [0.2, 0.25) is 0 Å². The van der Waals surface area contributed by atoms with E-state index < -0.39 is 0 Å². The van der Waals surface area contributed by atoms with Gasteiger partial charge >= 0.3 is 0 Å². The van der Waals surface area contributed by atoms with E-state index in [1.807, 2.05) is 24.3 Å².